The van der Waals surface area contributed by atoms with Crippen LogP contribution in [0.3, 0.4) is 0 Å². The minimum Gasteiger partial charge on any atom is -0.490 e. The summed E-state index contributed by atoms with van der Waals surface area (Å²) in [6, 6.07) is 11.3. The van der Waals surface area contributed by atoms with Gasteiger partial charge in [-0.1, -0.05) is 6.07 Å². The van der Waals surface area contributed by atoms with Gasteiger partial charge in [0.1, 0.15) is 0 Å². The van der Waals surface area contributed by atoms with Crippen molar-refractivity contribution in [3.8, 4) is 23.3 Å². The summed E-state index contributed by atoms with van der Waals surface area (Å²) in [7, 11) is 0. The molecule has 1 aromatic heterocycles. The first kappa shape index (κ1) is 22.9. The minimum absolute atomic E-state index is 0.137. The van der Waals surface area contributed by atoms with Gasteiger partial charge in [-0.15, -0.1) is 0 Å². The van der Waals surface area contributed by atoms with Crippen molar-refractivity contribution < 1.29 is 27.4 Å². The van der Waals surface area contributed by atoms with Gasteiger partial charge in [0.05, 0.1) is 41.6 Å². The molecule has 3 aromatic rings. The van der Waals surface area contributed by atoms with Gasteiger partial charge in [-0.3, -0.25) is 4.79 Å². The number of benzene rings is 2. The number of rotatable bonds is 6. The summed E-state index contributed by atoms with van der Waals surface area (Å²) >= 11 is 0. The van der Waals surface area contributed by atoms with Crippen molar-refractivity contribution in [3.63, 3.8) is 0 Å². The molecule has 0 amide bonds. The second kappa shape index (κ2) is 9.14. The Hall–Kier alpha value is -3.80. The van der Waals surface area contributed by atoms with Crippen molar-refractivity contribution in [3.05, 3.63) is 70.5 Å². The van der Waals surface area contributed by atoms with Crippen molar-refractivity contribution in [1.29, 1.82) is 5.26 Å². The van der Waals surface area contributed by atoms with Crippen LogP contribution in [0.15, 0.2) is 42.5 Å². The van der Waals surface area contributed by atoms with Gasteiger partial charge < -0.3 is 9.47 Å². The fraction of sp³-hybridized carbons (Fsp3) is 0.261. The molecular formula is C23H20F3N3O3. The van der Waals surface area contributed by atoms with Crippen molar-refractivity contribution in [1.82, 2.24) is 9.78 Å². The lowest BCUT2D eigenvalue weighted by molar-refractivity contribution is -0.137. The van der Waals surface area contributed by atoms with E-state index in [1.165, 1.54) is 35.0 Å². The highest BCUT2D eigenvalue weighted by atomic mass is 19.4. The molecule has 0 atom stereocenters. The molecule has 32 heavy (non-hydrogen) atoms. The molecule has 0 saturated carbocycles. The number of halogens is 3. The third-order valence-corrected chi connectivity index (χ3v) is 4.78. The number of aromatic nitrogens is 2. The predicted molar refractivity (Wildman–Crippen MR) is 110 cm³/mol. The van der Waals surface area contributed by atoms with Crippen molar-refractivity contribution in [2.24, 2.45) is 0 Å². The van der Waals surface area contributed by atoms with E-state index in [9.17, 15) is 18.0 Å². The largest absolute Gasteiger partial charge is 0.490 e. The molecule has 3 rings (SSSR count). The van der Waals surface area contributed by atoms with Gasteiger partial charge in [0.15, 0.2) is 11.5 Å². The van der Waals surface area contributed by atoms with Crippen LogP contribution < -0.4 is 9.47 Å². The normalized spacial score (nSPS) is 11.2. The van der Waals surface area contributed by atoms with Crippen LogP contribution in [0.4, 0.5) is 13.2 Å². The predicted octanol–water partition coefficient (Wildman–Crippen LogP) is 4.93. The molecule has 0 radical (unpaired) electrons. The highest BCUT2D eigenvalue weighted by Crippen LogP contribution is 2.31. The number of carbonyl (C=O) groups is 1. The van der Waals surface area contributed by atoms with Crippen LogP contribution >= 0.6 is 0 Å². The molecule has 0 saturated heterocycles. The lowest BCUT2D eigenvalue weighted by atomic mass is 10.1. The molecule has 0 bridgehead atoms. The van der Waals surface area contributed by atoms with Crippen LogP contribution in [0.5, 0.6) is 11.5 Å². The zero-order valence-electron chi connectivity index (χ0n) is 17.7. The fourth-order valence-electron chi connectivity index (χ4n) is 3.23. The van der Waals surface area contributed by atoms with Crippen molar-refractivity contribution >= 4 is 5.97 Å². The topological polar surface area (TPSA) is 77.1 Å². The zero-order chi connectivity index (χ0) is 23.5. The molecule has 0 spiro atoms. The van der Waals surface area contributed by atoms with Gasteiger partial charge in [0.2, 0.25) is 0 Å². The fourth-order valence-corrected chi connectivity index (χ4v) is 3.23. The second-order valence-electron chi connectivity index (χ2n) is 6.97. The number of nitriles is 1. The molecular weight excluding hydrogens is 423 g/mol. The zero-order valence-corrected chi connectivity index (χ0v) is 17.7. The molecule has 9 heteroatoms. The number of esters is 1. The molecule has 0 N–H and O–H groups in total. The number of ether oxygens (including phenoxy) is 2. The van der Waals surface area contributed by atoms with Gasteiger partial charge in [0.25, 0.3) is 0 Å². The van der Waals surface area contributed by atoms with Crippen LogP contribution in [0.2, 0.25) is 0 Å². The molecule has 0 aliphatic carbocycles. The average Bonchev–Trinajstić information content (AvgIpc) is 3.03. The van der Waals surface area contributed by atoms with Crippen molar-refractivity contribution in [2.45, 2.75) is 33.4 Å². The summed E-state index contributed by atoms with van der Waals surface area (Å²) in [5.41, 5.74) is 1.41. The van der Waals surface area contributed by atoms with Gasteiger partial charge in [-0.25, -0.2) is 4.68 Å². The summed E-state index contributed by atoms with van der Waals surface area (Å²) in [5.74, 6) is -0.144. The van der Waals surface area contributed by atoms with Gasteiger partial charge in [0, 0.05) is 17.3 Å². The maximum absolute atomic E-state index is 13.1. The Kier molecular flexibility index (Phi) is 6.53. The summed E-state index contributed by atoms with van der Waals surface area (Å²) in [6.45, 7) is 5.43. The average molecular weight is 443 g/mol. The first-order valence-electron chi connectivity index (χ1n) is 9.74. The van der Waals surface area contributed by atoms with E-state index in [1.54, 1.807) is 20.8 Å². The van der Waals surface area contributed by atoms with Gasteiger partial charge in [-0.05, 0) is 51.1 Å². The first-order chi connectivity index (χ1) is 15.1. The van der Waals surface area contributed by atoms with Crippen LogP contribution in [0.25, 0.3) is 5.69 Å². The van der Waals surface area contributed by atoms with E-state index in [0.717, 1.165) is 12.1 Å². The lowest BCUT2D eigenvalue weighted by Gasteiger charge is -2.11. The Bertz CT molecular complexity index is 1190. The molecule has 2 aromatic carbocycles. The number of alkyl halides is 3. The molecule has 0 fully saturated rings. The quantitative estimate of drug-likeness (QED) is 0.399. The van der Waals surface area contributed by atoms with Crippen LogP contribution in [0.1, 0.15) is 35.0 Å². The summed E-state index contributed by atoms with van der Waals surface area (Å²) in [6.07, 6.45) is -4.61. The summed E-state index contributed by atoms with van der Waals surface area (Å²) < 4.78 is 51.4. The Morgan fingerprint density at radius 1 is 1.16 bits per heavy atom. The van der Waals surface area contributed by atoms with Crippen LogP contribution in [-0.2, 0) is 17.4 Å². The monoisotopic (exact) mass is 443 g/mol. The molecule has 0 unspecified atom stereocenters. The maximum atomic E-state index is 13.1. The highest BCUT2D eigenvalue weighted by molar-refractivity contribution is 5.76. The number of carbonyl (C=O) groups excluding carboxylic acids is 1. The number of aryl methyl sites for hydroxylation is 1. The number of hydrogen-bond donors (Lipinski definition) is 0. The van der Waals surface area contributed by atoms with Crippen LogP contribution in [0, 0.1) is 25.2 Å². The van der Waals surface area contributed by atoms with Gasteiger partial charge in [-0.2, -0.15) is 23.5 Å². The van der Waals surface area contributed by atoms with E-state index in [4.69, 9.17) is 14.7 Å². The van der Waals surface area contributed by atoms with Crippen LogP contribution in [-0.4, -0.2) is 22.4 Å². The van der Waals surface area contributed by atoms with E-state index < -0.39 is 17.7 Å². The summed E-state index contributed by atoms with van der Waals surface area (Å²) in [5, 5.41) is 13.3. The Labute approximate surface area is 182 Å². The minimum atomic E-state index is -4.47. The lowest BCUT2D eigenvalue weighted by Crippen LogP contribution is -2.13. The number of hydrogen-bond acceptors (Lipinski definition) is 5. The maximum Gasteiger partial charge on any atom is 0.416 e. The van der Waals surface area contributed by atoms with E-state index >= 15 is 0 Å². The second-order valence-corrected chi connectivity index (χ2v) is 6.97. The molecule has 6 nitrogen and oxygen atoms in total. The molecule has 166 valence electrons. The third kappa shape index (κ3) is 4.91. The smallest absolute Gasteiger partial charge is 0.416 e. The van der Waals surface area contributed by atoms with E-state index in [2.05, 4.69) is 5.10 Å². The molecule has 0 aliphatic heterocycles. The molecule has 1 heterocycles. The SMILES string of the molecule is CCOc1cc(C#N)ccc1OC(=O)Cc1c(C)nn(-c2cccc(C(F)(F)F)c2)c1C. The van der Waals surface area contributed by atoms with E-state index in [-0.39, 0.29) is 23.6 Å². The Balaban J connectivity index is 1.85. The first-order valence-corrected chi connectivity index (χ1v) is 9.74. The summed E-state index contributed by atoms with van der Waals surface area (Å²) in [4.78, 5) is 12.6. The van der Waals surface area contributed by atoms with Gasteiger partial charge >= 0.3 is 12.1 Å². The highest BCUT2D eigenvalue weighted by Gasteiger charge is 2.31. The Morgan fingerprint density at radius 3 is 2.56 bits per heavy atom. The van der Waals surface area contributed by atoms with Crippen molar-refractivity contribution in [2.75, 3.05) is 6.61 Å². The third-order valence-electron chi connectivity index (χ3n) is 4.78. The van der Waals surface area contributed by atoms with E-state index in [1.807, 2.05) is 6.07 Å². The number of nitrogens with zero attached hydrogens (tertiary/aromatic N) is 3. The molecule has 0 aliphatic rings. The standard InChI is InChI=1S/C23H20F3N3O3/c1-4-31-21-10-16(13-27)8-9-20(21)32-22(30)12-19-14(2)28-29(15(19)3)18-7-5-6-17(11-18)23(24,25)26/h5-11H,4,12H2,1-3H3. The van der Waals surface area contributed by atoms with E-state index in [0.29, 0.717) is 29.1 Å². The Morgan fingerprint density at radius 2 is 1.91 bits per heavy atom.